The van der Waals surface area contributed by atoms with Crippen molar-refractivity contribution in [3.63, 3.8) is 0 Å². The zero-order valence-corrected chi connectivity index (χ0v) is 11.4. The maximum Gasteiger partial charge on any atom is 0.224 e. The third-order valence-corrected chi connectivity index (χ3v) is 3.22. The highest BCUT2D eigenvalue weighted by atomic mass is 35.5. The van der Waals surface area contributed by atoms with Crippen LogP contribution in [0.4, 0.5) is 23.3 Å². The number of nitrogens with one attached hydrogen (secondary N) is 1. The first kappa shape index (κ1) is 12.7. The van der Waals surface area contributed by atoms with Crippen LogP contribution in [0.5, 0.6) is 0 Å². The number of nitrogen functional groups attached to an aromatic ring is 2. The third-order valence-electron chi connectivity index (χ3n) is 2.99. The van der Waals surface area contributed by atoms with E-state index in [-0.39, 0.29) is 11.8 Å². The Hall–Kier alpha value is -2.34. The van der Waals surface area contributed by atoms with Crippen molar-refractivity contribution in [2.24, 2.45) is 4.99 Å². The topological polar surface area (TPSA) is 102 Å². The lowest BCUT2D eigenvalue weighted by Crippen LogP contribution is -2.08. The summed E-state index contributed by atoms with van der Waals surface area (Å²) in [7, 11) is 0. The SMILES string of the molecule is Nc1nc(N)c2c(n1)NCCC(c1cccc(Cl)c1)=N2. The molecule has 0 fully saturated rings. The van der Waals surface area contributed by atoms with E-state index in [4.69, 9.17) is 23.1 Å². The van der Waals surface area contributed by atoms with Gasteiger partial charge >= 0.3 is 0 Å². The van der Waals surface area contributed by atoms with Crippen molar-refractivity contribution in [2.75, 3.05) is 23.3 Å². The molecule has 1 aliphatic heterocycles. The van der Waals surface area contributed by atoms with Crippen LogP contribution >= 0.6 is 11.6 Å². The summed E-state index contributed by atoms with van der Waals surface area (Å²) in [5.74, 6) is 0.962. The molecule has 3 rings (SSSR count). The second kappa shape index (κ2) is 4.97. The van der Waals surface area contributed by atoms with E-state index in [9.17, 15) is 0 Å². The van der Waals surface area contributed by atoms with E-state index in [0.29, 0.717) is 23.1 Å². The maximum atomic E-state index is 6.02. The van der Waals surface area contributed by atoms with E-state index in [2.05, 4.69) is 20.3 Å². The van der Waals surface area contributed by atoms with Gasteiger partial charge in [0, 0.05) is 18.0 Å². The van der Waals surface area contributed by atoms with E-state index in [1.165, 1.54) is 0 Å². The number of nitrogens with zero attached hydrogens (tertiary/aromatic N) is 3. The molecule has 7 heteroatoms. The lowest BCUT2D eigenvalue weighted by Gasteiger charge is -2.06. The number of hydrogen-bond acceptors (Lipinski definition) is 6. The molecule has 0 amide bonds. The number of hydrogen-bond donors (Lipinski definition) is 3. The highest BCUT2D eigenvalue weighted by Gasteiger charge is 2.16. The Labute approximate surface area is 120 Å². The van der Waals surface area contributed by atoms with E-state index in [0.717, 1.165) is 17.7 Å². The van der Waals surface area contributed by atoms with Gasteiger partial charge in [0.2, 0.25) is 5.95 Å². The van der Waals surface area contributed by atoms with Gasteiger partial charge in [0.1, 0.15) is 5.69 Å². The van der Waals surface area contributed by atoms with Gasteiger partial charge in [-0.3, -0.25) is 0 Å². The first-order valence-corrected chi connectivity index (χ1v) is 6.51. The first-order chi connectivity index (χ1) is 9.63. The van der Waals surface area contributed by atoms with Crippen molar-refractivity contribution in [3.05, 3.63) is 34.9 Å². The average molecular weight is 289 g/mol. The highest BCUT2D eigenvalue weighted by Crippen LogP contribution is 2.32. The van der Waals surface area contributed by atoms with E-state index in [1.54, 1.807) is 0 Å². The molecule has 0 atom stereocenters. The molecule has 0 spiro atoms. The number of aromatic nitrogens is 2. The standard InChI is InChI=1S/C13H13ClN6/c14-8-3-1-2-7(6-8)9-4-5-17-12-10(18-9)11(15)19-13(16)20-12/h1-3,6H,4-5H2,(H5,15,16,17,19,20). The molecule has 0 saturated heterocycles. The molecule has 0 bridgehead atoms. The smallest absolute Gasteiger partial charge is 0.224 e. The second-order valence-electron chi connectivity index (χ2n) is 4.41. The molecule has 1 aromatic carbocycles. The van der Waals surface area contributed by atoms with Gasteiger partial charge < -0.3 is 16.8 Å². The van der Waals surface area contributed by atoms with Crippen LogP contribution < -0.4 is 16.8 Å². The molecule has 2 aromatic rings. The Morgan fingerprint density at radius 3 is 2.85 bits per heavy atom. The minimum atomic E-state index is 0.134. The zero-order valence-electron chi connectivity index (χ0n) is 10.6. The second-order valence-corrected chi connectivity index (χ2v) is 4.85. The first-order valence-electron chi connectivity index (χ1n) is 6.14. The molecule has 1 aromatic heterocycles. The van der Waals surface area contributed by atoms with Crippen LogP contribution in [-0.4, -0.2) is 22.2 Å². The molecule has 0 aliphatic carbocycles. The normalized spacial score (nSPS) is 13.9. The van der Waals surface area contributed by atoms with Crippen molar-refractivity contribution in [3.8, 4) is 0 Å². The van der Waals surface area contributed by atoms with Gasteiger partial charge in [0.25, 0.3) is 0 Å². The predicted octanol–water partition coefficient (Wildman–Crippen LogP) is 2.23. The van der Waals surface area contributed by atoms with Gasteiger partial charge in [-0.25, -0.2) is 4.99 Å². The van der Waals surface area contributed by atoms with E-state index >= 15 is 0 Å². The number of benzene rings is 1. The molecule has 5 N–H and O–H groups in total. The Morgan fingerprint density at radius 1 is 1.20 bits per heavy atom. The van der Waals surface area contributed by atoms with Crippen LogP contribution in [-0.2, 0) is 0 Å². The minimum absolute atomic E-state index is 0.134. The van der Waals surface area contributed by atoms with Crippen LogP contribution in [0.1, 0.15) is 12.0 Å². The van der Waals surface area contributed by atoms with Gasteiger partial charge in [-0.05, 0) is 17.7 Å². The van der Waals surface area contributed by atoms with Gasteiger partial charge in [0.05, 0.1) is 5.71 Å². The van der Waals surface area contributed by atoms with Crippen LogP contribution in [0.2, 0.25) is 5.02 Å². The van der Waals surface area contributed by atoms with Crippen molar-refractivity contribution in [1.82, 2.24) is 9.97 Å². The summed E-state index contributed by atoms with van der Waals surface area (Å²) in [6.45, 7) is 0.689. The molecule has 20 heavy (non-hydrogen) atoms. The van der Waals surface area contributed by atoms with E-state index in [1.807, 2.05) is 24.3 Å². The Morgan fingerprint density at radius 2 is 2.05 bits per heavy atom. The summed E-state index contributed by atoms with van der Waals surface area (Å²) in [6, 6.07) is 7.55. The zero-order chi connectivity index (χ0) is 14.1. The molecule has 0 saturated carbocycles. The number of rotatable bonds is 1. The van der Waals surface area contributed by atoms with Crippen LogP contribution in [0.25, 0.3) is 0 Å². The van der Waals surface area contributed by atoms with Crippen molar-refractivity contribution >= 4 is 40.6 Å². The Bertz CT molecular complexity index is 697. The van der Waals surface area contributed by atoms with Crippen LogP contribution in [0.15, 0.2) is 29.3 Å². The molecule has 2 heterocycles. The fourth-order valence-electron chi connectivity index (χ4n) is 2.09. The summed E-state index contributed by atoms with van der Waals surface area (Å²) < 4.78 is 0. The summed E-state index contributed by atoms with van der Waals surface area (Å²) in [5, 5.41) is 3.83. The highest BCUT2D eigenvalue weighted by molar-refractivity contribution is 6.31. The predicted molar refractivity (Wildman–Crippen MR) is 81.6 cm³/mol. The molecular weight excluding hydrogens is 276 g/mol. The fraction of sp³-hybridized carbons (Fsp3) is 0.154. The lowest BCUT2D eigenvalue weighted by molar-refractivity contribution is 1.09. The molecule has 0 unspecified atom stereocenters. The summed E-state index contributed by atoms with van der Waals surface area (Å²) in [4.78, 5) is 12.6. The molecular formula is C13H13ClN6. The molecule has 102 valence electrons. The average Bonchev–Trinajstić information content (AvgIpc) is 2.61. The summed E-state index contributed by atoms with van der Waals surface area (Å²) in [5.41, 5.74) is 13.8. The monoisotopic (exact) mass is 288 g/mol. The van der Waals surface area contributed by atoms with Gasteiger partial charge in [0.15, 0.2) is 11.6 Å². The van der Waals surface area contributed by atoms with Crippen molar-refractivity contribution in [2.45, 2.75) is 6.42 Å². The van der Waals surface area contributed by atoms with Crippen molar-refractivity contribution in [1.29, 1.82) is 0 Å². The Kier molecular flexibility index (Phi) is 3.15. The van der Waals surface area contributed by atoms with Crippen molar-refractivity contribution < 1.29 is 0 Å². The van der Waals surface area contributed by atoms with Gasteiger partial charge in [-0.1, -0.05) is 23.7 Å². The number of fused-ring (bicyclic) bond motifs is 1. The maximum absolute atomic E-state index is 6.02. The van der Waals surface area contributed by atoms with Crippen LogP contribution in [0.3, 0.4) is 0 Å². The number of halogens is 1. The fourth-order valence-corrected chi connectivity index (χ4v) is 2.28. The summed E-state index contributed by atoms with van der Waals surface area (Å²) >= 11 is 6.02. The van der Waals surface area contributed by atoms with E-state index < -0.39 is 0 Å². The third kappa shape index (κ3) is 2.37. The quantitative estimate of drug-likeness (QED) is 0.747. The molecule has 1 aliphatic rings. The number of nitrogens with two attached hydrogens (primary N) is 2. The largest absolute Gasteiger partial charge is 0.382 e. The minimum Gasteiger partial charge on any atom is -0.382 e. The number of aliphatic imine (C=N–C) groups is 1. The van der Waals surface area contributed by atoms with Gasteiger partial charge in [-0.15, -0.1) is 0 Å². The number of anilines is 3. The lowest BCUT2D eigenvalue weighted by atomic mass is 10.1. The van der Waals surface area contributed by atoms with Gasteiger partial charge in [-0.2, -0.15) is 9.97 Å². The molecule has 0 radical (unpaired) electrons. The Balaban J connectivity index is 2.11. The summed E-state index contributed by atoms with van der Waals surface area (Å²) in [6.07, 6.45) is 0.732. The molecule has 6 nitrogen and oxygen atoms in total. The van der Waals surface area contributed by atoms with Crippen LogP contribution in [0, 0.1) is 0 Å².